The van der Waals surface area contributed by atoms with Crippen LogP contribution in [-0.2, 0) is 7.05 Å². The zero-order chi connectivity index (χ0) is 11.2. The Balaban J connectivity index is 2.94. The average molecular weight is 203 g/mol. The highest BCUT2D eigenvalue weighted by Crippen LogP contribution is 2.24. The number of aromatic carboxylic acids is 1. The molecule has 0 atom stereocenters. The molecule has 2 aromatic rings. The SMILES string of the molecule is Cc1cc(C(=O)O)c2c(c1)cc(C)n2C. The maximum absolute atomic E-state index is 11.1. The molecule has 2 rings (SSSR count). The molecular weight excluding hydrogens is 190 g/mol. The first-order valence-corrected chi connectivity index (χ1v) is 4.80. The molecule has 1 heterocycles. The zero-order valence-corrected chi connectivity index (χ0v) is 9.03. The van der Waals surface area contributed by atoms with E-state index in [1.807, 2.05) is 37.6 Å². The molecule has 0 radical (unpaired) electrons. The summed E-state index contributed by atoms with van der Waals surface area (Å²) in [6.45, 7) is 3.88. The molecule has 0 unspecified atom stereocenters. The molecule has 78 valence electrons. The summed E-state index contributed by atoms with van der Waals surface area (Å²) >= 11 is 0. The van der Waals surface area contributed by atoms with Gasteiger partial charge in [-0.25, -0.2) is 4.79 Å². The first-order valence-electron chi connectivity index (χ1n) is 4.80. The van der Waals surface area contributed by atoms with Gasteiger partial charge >= 0.3 is 5.97 Å². The molecule has 0 aliphatic carbocycles. The highest BCUT2D eigenvalue weighted by Gasteiger charge is 2.13. The van der Waals surface area contributed by atoms with Gasteiger partial charge in [0.15, 0.2) is 0 Å². The highest BCUT2D eigenvalue weighted by atomic mass is 16.4. The van der Waals surface area contributed by atoms with Crippen molar-refractivity contribution in [2.45, 2.75) is 13.8 Å². The largest absolute Gasteiger partial charge is 0.478 e. The number of hydrogen-bond acceptors (Lipinski definition) is 1. The minimum Gasteiger partial charge on any atom is -0.478 e. The normalized spacial score (nSPS) is 10.9. The Morgan fingerprint density at radius 2 is 1.93 bits per heavy atom. The Hall–Kier alpha value is -1.77. The Morgan fingerprint density at radius 3 is 2.53 bits per heavy atom. The predicted octanol–water partition coefficient (Wildman–Crippen LogP) is 2.49. The number of rotatable bonds is 1. The number of nitrogens with zero attached hydrogens (tertiary/aromatic N) is 1. The van der Waals surface area contributed by atoms with E-state index < -0.39 is 5.97 Å². The lowest BCUT2D eigenvalue weighted by Gasteiger charge is -2.04. The fourth-order valence-electron chi connectivity index (χ4n) is 1.95. The second kappa shape index (κ2) is 3.12. The van der Waals surface area contributed by atoms with E-state index in [2.05, 4.69) is 0 Å². The van der Waals surface area contributed by atoms with Crippen LogP contribution in [0.2, 0.25) is 0 Å². The van der Waals surface area contributed by atoms with E-state index in [1.54, 1.807) is 6.07 Å². The van der Waals surface area contributed by atoms with Crippen molar-refractivity contribution in [3.63, 3.8) is 0 Å². The number of carbonyl (C=O) groups is 1. The lowest BCUT2D eigenvalue weighted by molar-refractivity contribution is 0.0698. The molecule has 1 aromatic heterocycles. The monoisotopic (exact) mass is 203 g/mol. The van der Waals surface area contributed by atoms with Gasteiger partial charge in [-0.05, 0) is 37.6 Å². The number of carboxylic acid groups (broad SMARTS) is 1. The van der Waals surface area contributed by atoms with E-state index in [-0.39, 0.29) is 0 Å². The van der Waals surface area contributed by atoms with Crippen LogP contribution in [-0.4, -0.2) is 15.6 Å². The van der Waals surface area contributed by atoms with E-state index in [9.17, 15) is 4.79 Å². The number of aromatic nitrogens is 1. The summed E-state index contributed by atoms with van der Waals surface area (Å²) in [6, 6.07) is 5.73. The molecule has 0 aliphatic rings. The topological polar surface area (TPSA) is 42.2 Å². The van der Waals surface area contributed by atoms with Crippen LogP contribution in [0, 0.1) is 13.8 Å². The van der Waals surface area contributed by atoms with Crippen LogP contribution >= 0.6 is 0 Å². The Morgan fingerprint density at radius 1 is 1.27 bits per heavy atom. The van der Waals surface area contributed by atoms with Crippen molar-refractivity contribution < 1.29 is 9.90 Å². The number of aryl methyl sites for hydroxylation is 3. The minimum absolute atomic E-state index is 0.376. The molecule has 0 amide bonds. The third-order valence-corrected chi connectivity index (χ3v) is 2.74. The van der Waals surface area contributed by atoms with Crippen molar-refractivity contribution in [1.29, 1.82) is 0 Å². The van der Waals surface area contributed by atoms with Crippen LogP contribution < -0.4 is 0 Å². The van der Waals surface area contributed by atoms with E-state index >= 15 is 0 Å². The molecule has 1 N–H and O–H groups in total. The maximum Gasteiger partial charge on any atom is 0.337 e. The minimum atomic E-state index is -0.870. The van der Waals surface area contributed by atoms with Crippen LogP contribution in [0.3, 0.4) is 0 Å². The van der Waals surface area contributed by atoms with Gasteiger partial charge in [0.05, 0.1) is 11.1 Å². The van der Waals surface area contributed by atoms with Gasteiger partial charge < -0.3 is 9.67 Å². The van der Waals surface area contributed by atoms with Crippen molar-refractivity contribution in [2.75, 3.05) is 0 Å². The summed E-state index contributed by atoms with van der Waals surface area (Å²) < 4.78 is 1.91. The molecule has 0 bridgehead atoms. The van der Waals surface area contributed by atoms with E-state index in [0.717, 1.165) is 22.2 Å². The van der Waals surface area contributed by atoms with Crippen molar-refractivity contribution in [3.05, 3.63) is 35.0 Å². The van der Waals surface area contributed by atoms with Gasteiger partial charge in [0.1, 0.15) is 0 Å². The van der Waals surface area contributed by atoms with Crippen LogP contribution in [0.15, 0.2) is 18.2 Å². The summed E-state index contributed by atoms with van der Waals surface area (Å²) in [5, 5.41) is 10.1. The van der Waals surface area contributed by atoms with Gasteiger partial charge in [0, 0.05) is 18.1 Å². The van der Waals surface area contributed by atoms with Gasteiger partial charge in [0.25, 0.3) is 0 Å². The van der Waals surface area contributed by atoms with Gasteiger partial charge in [-0.1, -0.05) is 0 Å². The van der Waals surface area contributed by atoms with Crippen molar-refractivity contribution in [1.82, 2.24) is 4.57 Å². The second-order valence-electron chi connectivity index (χ2n) is 3.90. The van der Waals surface area contributed by atoms with E-state index in [4.69, 9.17) is 5.11 Å². The van der Waals surface area contributed by atoms with Crippen molar-refractivity contribution in [2.24, 2.45) is 7.05 Å². The van der Waals surface area contributed by atoms with Gasteiger partial charge in [-0.2, -0.15) is 0 Å². The summed E-state index contributed by atoms with van der Waals surface area (Å²) in [7, 11) is 1.89. The van der Waals surface area contributed by atoms with Crippen LogP contribution in [0.1, 0.15) is 21.6 Å². The molecule has 0 saturated carbocycles. The fourth-order valence-corrected chi connectivity index (χ4v) is 1.95. The van der Waals surface area contributed by atoms with Crippen molar-refractivity contribution >= 4 is 16.9 Å². The molecule has 0 fully saturated rings. The molecular formula is C12H13NO2. The van der Waals surface area contributed by atoms with Gasteiger partial charge in [-0.3, -0.25) is 0 Å². The van der Waals surface area contributed by atoms with E-state index in [1.165, 1.54) is 0 Å². The number of benzene rings is 1. The average Bonchev–Trinajstić information content (AvgIpc) is 2.41. The third-order valence-electron chi connectivity index (χ3n) is 2.74. The first-order chi connectivity index (χ1) is 7.00. The summed E-state index contributed by atoms with van der Waals surface area (Å²) in [5.41, 5.74) is 3.22. The van der Waals surface area contributed by atoms with Crippen LogP contribution in [0.4, 0.5) is 0 Å². The quantitative estimate of drug-likeness (QED) is 0.773. The summed E-state index contributed by atoms with van der Waals surface area (Å²) in [6.07, 6.45) is 0. The van der Waals surface area contributed by atoms with Crippen LogP contribution in [0.5, 0.6) is 0 Å². The van der Waals surface area contributed by atoms with Gasteiger partial charge in [-0.15, -0.1) is 0 Å². The first kappa shape index (κ1) is 9.77. The third kappa shape index (κ3) is 1.40. The number of carboxylic acids is 1. The highest BCUT2D eigenvalue weighted by molar-refractivity contribution is 6.03. The Kier molecular flexibility index (Phi) is 2.03. The zero-order valence-electron chi connectivity index (χ0n) is 9.03. The molecule has 0 saturated heterocycles. The van der Waals surface area contributed by atoms with Crippen LogP contribution in [0.25, 0.3) is 10.9 Å². The molecule has 3 nitrogen and oxygen atoms in total. The summed E-state index contributed by atoms with van der Waals surface area (Å²) in [4.78, 5) is 11.1. The molecule has 3 heteroatoms. The Bertz CT molecular complexity index is 552. The lowest BCUT2D eigenvalue weighted by atomic mass is 10.1. The Labute approximate surface area is 87.9 Å². The summed E-state index contributed by atoms with van der Waals surface area (Å²) in [5.74, 6) is -0.870. The standard InChI is InChI=1S/C12H13NO2/c1-7-4-9-6-8(2)13(3)11(9)10(5-7)12(14)15/h4-6H,1-3H3,(H,14,15). The fraction of sp³-hybridized carbons (Fsp3) is 0.250. The molecule has 0 aliphatic heterocycles. The van der Waals surface area contributed by atoms with Gasteiger partial charge in [0.2, 0.25) is 0 Å². The molecule has 0 spiro atoms. The number of hydrogen-bond donors (Lipinski definition) is 1. The maximum atomic E-state index is 11.1. The smallest absolute Gasteiger partial charge is 0.337 e. The predicted molar refractivity (Wildman–Crippen MR) is 59.4 cm³/mol. The lowest BCUT2D eigenvalue weighted by Crippen LogP contribution is -2.02. The number of fused-ring (bicyclic) bond motifs is 1. The van der Waals surface area contributed by atoms with E-state index in [0.29, 0.717) is 5.56 Å². The van der Waals surface area contributed by atoms with Crippen molar-refractivity contribution in [3.8, 4) is 0 Å². The second-order valence-corrected chi connectivity index (χ2v) is 3.90. The molecule has 15 heavy (non-hydrogen) atoms. The molecule has 1 aromatic carbocycles.